The molecular weight excluding hydrogens is 340 g/mol. The molecule has 0 saturated carbocycles. The van der Waals surface area contributed by atoms with Crippen molar-refractivity contribution in [3.8, 4) is 0 Å². The highest BCUT2D eigenvalue weighted by atomic mass is 16.2. The zero-order valence-electron chi connectivity index (χ0n) is 16.0. The van der Waals surface area contributed by atoms with E-state index in [1.165, 1.54) is 5.57 Å². The molecule has 2 aromatic heterocycles. The van der Waals surface area contributed by atoms with Crippen LogP contribution in [0.1, 0.15) is 32.8 Å². The lowest BCUT2D eigenvalue weighted by molar-refractivity contribution is 0.361. The van der Waals surface area contributed by atoms with Gasteiger partial charge >= 0.3 is 11.2 Å². The number of H-pyrrole nitrogens is 2. The van der Waals surface area contributed by atoms with Gasteiger partial charge in [0.15, 0.2) is 0 Å². The molecular formula is C21H24N4O2. The Kier molecular flexibility index (Phi) is 4.13. The van der Waals surface area contributed by atoms with Crippen molar-refractivity contribution in [3.05, 3.63) is 56.2 Å². The minimum atomic E-state index is -0.519. The van der Waals surface area contributed by atoms with Crippen molar-refractivity contribution in [1.82, 2.24) is 14.6 Å². The van der Waals surface area contributed by atoms with Crippen LogP contribution in [0.4, 0.5) is 0 Å². The quantitative estimate of drug-likeness (QED) is 0.538. The third kappa shape index (κ3) is 2.95. The molecule has 2 N–H and O–H groups in total. The van der Waals surface area contributed by atoms with Crippen LogP contribution in [-0.2, 0) is 0 Å². The van der Waals surface area contributed by atoms with Gasteiger partial charge < -0.3 is 9.97 Å². The van der Waals surface area contributed by atoms with Gasteiger partial charge in [-0.25, -0.2) is 4.79 Å². The Hall–Kier alpha value is -2.89. The highest BCUT2D eigenvalue weighted by molar-refractivity contribution is 6.04. The van der Waals surface area contributed by atoms with Gasteiger partial charge in [0, 0.05) is 23.0 Å². The lowest BCUT2D eigenvalue weighted by Crippen LogP contribution is -2.33. The second kappa shape index (κ2) is 6.37. The van der Waals surface area contributed by atoms with Crippen LogP contribution in [0.3, 0.4) is 0 Å². The highest BCUT2D eigenvalue weighted by Gasteiger charge is 2.25. The number of aromatic amines is 2. The Labute approximate surface area is 156 Å². The van der Waals surface area contributed by atoms with E-state index in [1.54, 1.807) is 6.21 Å². The molecule has 3 atom stereocenters. The van der Waals surface area contributed by atoms with Crippen molar-refractivity contribution in [1.29, 1.82) is 0 Å². The summed E-state index contributed by atoms with van der Waals surface area (Å²) in [4.78, 5) is 31.3. The van der Waals surface area contributed by atoms with Crippen LogP contribution >= 0.6 is 0 Å². The van der Waals surface area contributed by atoms with E-state index in [9.17, 15) is 9.59 Å². The van der Waals surface area contributed by atoms with E-state index in [1.807, 2.05) is 25.1 Å². The minimum Gasteiger partial charge on any atom is -0.349 e. The molecule has 0 aliphatic heterocycles. The molecule has 0 radical (unpaired) electrons. The fourth-order valence-corrected chi connectivity index (χ4v) is 4.28. The molecule has 27 heavy (non-hydrogen) atoms. The lowest BCUT2D eigenvalue weighted by Gasteiger charge is -2.29. The molecule has 0 amide bonds. The Bertz CT molecular complexity index is 1210. The molecule has 0 spiro atoms. The molecule has 2 heterocycles. The third-order valence-electron chi connectivity index (χ3n) is 5.59. The zero-order chi connectivity index (χ0) is 19.3. The molecule has 0 saturated heterocycles. The largest absolute Gasteiger partial charge is 0.350 e. The van der Waals surface area contributed by atoms with Crippen LogP contribution in [0.5, 0.6) is 0 Å². The normalized spacial score (nSPS) is 23.4. The summed E-state index contributed by atoms with van der Waals surface area (Å²) in [5.74, 6) is 0.941. The van der Waals surface area contributed by atoms with Crippen LogP contribution in [0, 0.1) is 24.7 Å². The first-order valence-corrected chi connectivity index (χ1v) is 9.34. The minimum absolute atomic E-state index is 0.195. The summed E-state index contributed by atoms with van der Waals surface area (Å²) in [6.45, 7) is 8.44. The van der Waals surface area contributed by atoms with Gasteiger partial charge in [-0.3, -0.25) is 4.79 Å². The number of rotatable bonds is 2. The number of aromatic nitrogens is 3. The average molecular weight is 364 g/mol. The lowest BCUT2D eigenvalue weighted by atomic mass is 9.76. The van der Waals surface area contributed by atoms with Gasteiger partial charge in [0.25, 0.3) is 0 Å². The second-order valence-corrected chi connectivity index (χ2v) is 7.87. The third-order valence-corrected chi connectivity index (χ3v) is 5.59. The molecule has 6 nitrogen and oxygen atoms in total. The summed E-state index contributed by atoms with van der Waals surface area (Å²) in [5, 5.41) is 5.12. The van der Waals surface area contributed by atoms with Crippen LogP contribution in [0.2, 0.25) is 0 Å². The van der Waals surface area contributed by atoms with E-state index < -0.39 is 11.2 Å². The van der Waals surface area contributed by atoms with Gasteiger partial charge in [-0.1, -0.05) is 37.1 Å². The van der Waals surface area contributed by atoms with Crippen molar-refractivity contribution in [2.45, 2.75) is 34.1 Å². The van der Waals surface area contributed by atoms with Crippen molar-refractivity contribution >= 4 is 28.2 Å². The number of fused-ring (bicyclic) bond motifs is 3. The molecule has 1 aliphatic rings. The first-order valence-electron chi connectivity index (χ1n) is 9.34. The van der Waals surface area contributed by atoms with Gasteiger partial charge in [0.05, 0.1) is 5.52 Å². The second-order valence-electron chi connectivity index (χ2n) is 7.87. The monoisotopic (exact) mass is 364 g/mol. The summed E-state index contributed by atoms with van der Waals surface area (Å²) < 4.78 is 0.926. The van der Waals surface area contributed by atoms with Crippen LogP contribution in [0.25, 0.3) is 21.9 Å². The molecule has 1 aliphatic carbocycles. The average Bonchev–Trinajstić information content (AvgIpc) is 2.94. The topological polar surface area (TPSA) is 83.0 Å². The molecule has 6 heteroatoms. The van der Waals surface area contributed by atoms with Crippen molar-refractivity contribution in [2.75, 3.05) is 0 Å². The van der Waals surface area contributed by atoms with Gasteiger partial charge in [-0.05, 0) is 44.2 Å². The number of benzene rings is 1. The van der Waals surface area contributed by atoms with Gasteiger partial charge in [0.2, 0.25) is 0 Å². The predicted molar refractivity (Wildman–Crippen MR) is 110 cm³/mol. The summed E-state index contributed by atoms with van der Waals surface area (Å²) in [5.41, 5.74) is 3.22. The summed E-state index contributed by atoms with van der Waals surface area (Å²) >= 11 is 0. The molecule has 0 unspecified atom stereocenters. The number of hydrogen-bond acceptors (Lipinski definition) is 3. The molecule has 3 aromatic rings. The van der Waals surface area contributed by atoms with E-state index in [0.29, 0.717) is 22.9 Å². The first-order chi connectivity index (χ1) is 12.8. The maximum atomic E-state index is 12.9. The van der Waals surface area contributed by atoms with Crippen molar-refractivity contribution in [2.24, 2.45) is 22.9 Å². The maximum Gasteiger partial charge on any atom is 0.350 e. The Morgan fingerprint density at radius 3 is 2.67 bits per heavy atom. The zero-order valence-corrected chi connectivity index (χ0v) is 16.0. The van der Waals surface area contributed by atoms with Crippen molar-refractivity contribution < 1.29 is 0 Å². The van der Waals surface area contributed by atoms with E-state index in [-0.39, 0.29) is 5.92 Å². The molecule has 4 rings (SSSR count). The fourth-order valence-electron chi connectivity index (χ4n) is 4.28. The summed E-state index contributed by atoms with van der Waals surface area (Å²) in [6.07, 6.45) is 5.01. The first kappa shape index (κ1) is 17.5. The van der Waals surface area contributed by atoms with E-state index >= 15 is 0 Å². The number of nitrogens with one attached hydrogen (secondary N) is 2. The van der Waals surface area contributed by atoms with Crippen LogP contribution < -0.4 is 11.2 Å². The molecule has 0 bridgehead atoms. The molecule has 0 fully saturated rings. The Morgan fingerprint density at radius 2 is 1.93 bits per heavy atom. The smallest absolute Gasteiger partial charge is 0.349 e. The van der Waals surface area contributed by atoms with E-state index in [2.05, 4.69) is 41.9 Å². The Morgan fingerprint density at radius 1 is 1.15 bits per heavy atom. The van der Waals surface area contributed by atoms with E-state index in [0.717, 1.165) is 27.6 Å². The highest BCUT2D eigenvalue weighted by Crippen LogP contribution is 2.32. The standard InChI is InChI=1S/C21H24N4O2/c1-11-5-6-17-15(9-11)18-19(23-17)20(26)25(21(27)24-18)22-10-16-13(3)7-12(2)8-14(16)4/h5-7,9-10,13-14,16,23H,8H2,1-4H3,(H,24,27)/b22-10-/t13-,14+,16-/m0/s1. The van der Waals surface area contributed by atoms with Crippen molar-refractivity contribution in [3.63, 3.8) is 0 Å². The fraction of sp³-hybridized carbons (Fsp3) is 0.381. The molecule has 140 valence electrons. The van der Waals surface area contributed by atoms with Crippen LogP contribution in [-0.4, -0.2) is 20.9 Å². The van der Waals surface area contributed by atoms with Gasteiger partial charge in [-0.15, -0.1) is 4.68 Å². The summed E-state index contributed by atoms with van der Waals surface area (Å²) in [7, 11) is 0. The van der Waals surface area contributed by atoms with Gasteiger partial charge in [-0.2, -0.15) is 5.10 Å². The summed E-state index contributed by atoms with van der Waals surface area (Å²) in [6, 6.07) is 5.83. The number of nitrogens with zero attached hydrogens (tertiary/aromatic N) is 2. The number of allylic oxidation sites excluding steroid dienone is 2. The Balaban J connectivity index is 1.82. The van der Waals surface area contributed by atoms with Crippen LogP contribution in [0.15, 0.2) is 44.5 Å². The number of hydrogen-bond donors (Lipinski definition) is 2. The maximum absolute atomic E-state index is 12.9. The molecule has 1 aromatic carbocycles. The predicted octanol–water partition coefficient (Wildman–Crippen LogP) is 3.55. The number of aryl methyl sites for hydroxylation is 1. The SMILES string of the molecule is CC1=C[C@H](C)[C@H](/C=N\n2c(=O)[nH]c3c([nH]c4ccc(C)cc43)c2=O)[C@H](C)C1. The van der Waals surface area contributed by atoms with Gasteiger partial charge in [0.1, 0.15) is 5.52 Å². The van der Waals surface area contributed by atoms with E-state index in [4.69, 9.17) is 0 Å².